The maximum Gasteiger partial charge on any atom is 0.266 e. The summed E-state index contributed by atoms with van der Waals surface area (Å²) in [7, 11) is 1.90. The number of imidazole rings is 1. The van der Waals surface area contributed by atoms with Gasteiger partial charge in [-0.25, -0.2) is 9.13 Å². The first kappa shape index (κ1) is 16.1. The summed E-state index contributed by atoms with van der Waals surface area (Å²) in [6.07, 6.45) is 5.53. The molecule has 2 aromatic rings. The van der Waals surface area contributed by atoms with Crippen molar-refractivity contribution in [2.75, 3.05) is 5.32 Å². The van der Waals surface area contributed by atoms with Crippen LogP contribution in [0.5, 0.6) is 0 Å². The standard InChI is InChI=1S/C14H15N3O2.BrH/c1-11(18)12-3-5-13(6-4-12)15-14(19)9-17-8-7-16(2)10-17;/h3-8,10H,9H2,1-2H3;1H. The van der Waals surface area contributed by atoms with Gasteiger partial charge in [0.25, 0.3) is 5.91 Å². The molecule has 1 heterocycles. The van der Waals surface area contributed by atoms with E-state index in [1.165, 1.54) is 6.92 Å². The van der Waals surface area contributed by atoms with E-state index in [2.05, 4.69) is 5.32 Å². The van der Waals surface area contributed by atoms with E-state index in [-0.39, 0.29) is 35.2 Å². The molecule has 0 aliphatic carbocycles. The number of halogens is 1. The van der Waals surface area contributed by atoms with Crippen LogP contribution in [0.25, 0.3) is 0 Å². The average Bonchev–Trinajstić information content (AvgIpc) is 2.75. The largest absolute Gasteiger partial charge is 1.00 e. The first-order valence-electron chi connectivity index (χ1n) is 5.96. The second kappa shape index (κ2) is 7.00. The first-order valence-corrected chi connectivity index (χ1v) is 5.96. The van der Waals surface area contributed by atoms with Gasteiger partial charge in [-0.2, -0.15) is 0 Å². The number of nitrogens with zero attached hydrogens (tertiary/aromatic N) is 2. The van der Waals surface area contributed by atoms with Crippen LogP contribution in [0.15, 0.2) is 43.0 Å². The van der Waals surface area contributed by atoms with E-state index in [4.69, 9.17) is 0 Å². The summed E-state index contributed by atoms with van der Waals surface area (Å²) in [6.45, 7) is 1.77. The normalized spacial score (nSPS) is 9.70. The van der Waals surface area contributed by atoms with Crippen molar-refractivity contribution >= 4 is 17.4 Å². The van der Waals surface area contributed by atoms with Crippen molar-refractivity contribution in [1.82, 2.24) is 4.57 Å². The Morgan fingerprint density at radius 1 is 1.25 bits per heavy atom. The Bertz CT molecular complexity index is 605. The maximum absolute atomic E-state index is 11.8. The van der Waals surface area contributed by atoms with E-state index >= 15 is 0 Å². The lowest BCUT2D eigenvalue weighted by molar-refractivity contribution is -0.671. The number of aromatic nitrogens is 2. The summed E-state index contributed by atoms with van der Waals surface area (Å²) in [5.41, 5.74) is 1.32. The minimum absolute atomic E-state index is 0. The number of hydrogen-bond acceptors (Lipinski definition) is 2. The van der Waals surface area contributed by atoms with E-state index < -0.39 is 0 Å². The first-order chi connectivity index (χ1) is 9.04. The fourth-order valence-electron chi connectivity index (χ4n) is 1.75. The van der Waals surface area contributed by atoms with Crippen LogP contribution < -0.4 is 26.9 Å². The molecule has 20 heavy (non-hydrogen) atoms. The number of benzene rings is 1. The lowest BCUT2D eigenvalue weighted by Gasteiger charge is -2.04. The molecule has 5 nitrogen and oxygen atoms in total. The molecule has 0 saturated heterocycles. The Hall–Kier alpha value is -1.95. The second-order valence-corrected chi connectivity index (χ2v) is 4.43. The summed E-state index contributed by atoms with van der Waals surface area (Å²) in [6, 6.07) is 6.86. The fraction of sp³-hybridized carbons (Fsp3) is 0.214. The molecule has 1 aromatic carbocycles. The van der Waals surface area contributed by atoms with E-state index in [1.54, 1.807) is 28.8 Å². The lowest BCUT2D eigenvalue weighted by Crippen LogP contribution is -3.00. The molecule has 0 fully saturated rings. The average molecular weight is 338 g/mol. The number of amides is 1. The SMILES string of the molecule is CC(=O)c1ccc(NC(=O)Cn2cc[n+](C)c2)cc1.[Br-]. The predicted molar refractivity (Wildman–Crippen MR) is 70.7 cm³/mol. The Kier molecular flexibility index (Phi) is 5.64. The highest BCUT2D eigenvalue weighted by molar-refractivity contribution is 5.95. The molecule has 1 amide bonds. The van der Waals surface area contributed by atoms with Gasteiger partial charge < -0.3 is 22.3 Å². The molecule has 0 bridgehead atoms. The molecule has 1 N–H and O–H groups in total. The minimum Gasteiger partial charge on any atom is -1.00 e. The molecule has 1 aromatic heterocycles. The van der Waals surface area contributed by atoms with Crippen LogP contribution in [-0.4, -0.2) is 16.3 Å². The van der Waals surface area contributed by atoms with Gasteiger partial charge in [0.1, 0.15) is 12.4 Å². The van der Waals surface area contributed by atoms with Crippen molar-refractivity contribution in [2.45, 2.75) is 13.5 Å². The molecule has 106 valence electrons. The van der Waals surface area contributed by atoms with Gasteiger partial charge in [0, 0.05) is 11.3 Å². The highest BCUT2D eigenvalue weighted by Crippen LogP contribution is 2.10. The number of aryl methyl sites for hydroxylation is 1. The van der Waals surface area contributed by atoms with Gasteiger partial charge >= 0.3 is 0 Å². The molecular formula is C14H16BrN3O2. The third-order valence-corrected chi connectivity index (χ3v) is 2.73. The Morgan fingerprint density at radius 3 is 2.40 bits per heavy atom. The van der Waals surface area contributed by atoms with Gasteiger partial charge in [-0.3, -0.25) is 9.59 Å². The summed E-state index contributed by atoms with van der Waals surface area (Å²) in [5, 5.41) is 2.79. The quantitative estimate of drug-likeness (QED) is 0.526. The van der Waals surface area contributed by atoms with E-state index in [0.29, 0.717) is 11.3 Å². The molecule has 0 aliphatic rings. The van der Waals surface area contributed by atoms with Crippen LogP contribution in [0.3, 0.4) is 0 Å². The van der Waals surface area contributed by atoms with Gasteiger partial charge in [0.05, 0.1) is 7.05 Å². The van der Waals surface area contributed by atoms with Crippen molar-refractivity contribution in [2.24, 2.45) is 7.05 Å². The predicted octanol–water partition coefficient (Wildman–Crippen LogP) is -1.84. The summed E-state index contributed by atoms with van der Waals surface area (Å²) >= 11 is 0. The van der Waals surface area contributed by atoms with Crippen molar-refractivity contribution in [1.29, 1.82) is 0 Å². The van der Waals surface area contributed by atoms with Crippen molar-refractivity contribution < 1.29 is 31.1 Å². The molecule has 0 atom stereocenters. The number of carbonyl (C=O) groups is 2. The lowest BCUT2D eigenvalue weighted by atomic mass is 10.1. The number of ketones is 1. The van der Waals surface area contributed by atoms with Gasteiger partial charge in [-0.15, -0.1) is 0 Å². The number of nitrogens with one attached hydrogen (secondary N) is 1. The molecule has 6 heteroatoms. The number of hydrogen-bond donors (Lipinski definition) is 1. The molecular weight excluding hydrogens is 322 g/mol. The third kappa shape index (κ3) is 4.31. The molecule has 0 radical (unpaired) electrons. The van der Waals surface area contributed by atoms with E-state index in [1.807, 2.05) is 30.3 Å². The Labute approximate surface area is 128 Å². The Balaban J connectivity index is 0.00000200. The zero-order valence-corrected chi connectivity index (χ0v) is 12.9. The van der Waals surface area contributed by atoms with E-state index in [0.717, 1.165) is 0 Å². The van der Waals surface area contributed by atoms with Gasteiger partial charge in [0.15, 0.2) is 12.3 Å². The van der Waals surface area contributed by atoms with Crippen molar-refractivity contribution in [3.63, 3.8) is 0 Å². The van der Waals surface area contributed by atoms with Gasteiger partial charge in [-0.05, 0) is 31.2 Å². The van der Waals surface area contributed by atoms with Gasteiger partial charge in [0.2, 0.25) is 6.33 Å². The highest BCUT2D eigenvalue weighted by atomic mass is 79.9. The van der Waals surface area contributed by atoms with Crippen LogP contribution in [0, 0.1) is 0 Å². The van der Waals surface area contributed by atoms with Crippen LogP contribution in [0.4, 0.5) is 5.69 Å². The summed E-state index contributed by atoms with van der Waals surface area (Å²) in [5.74, 6) is -0.0931. The fourth-order valence-corrected chi connectivity index (χ4v) is 1.75. The number of anilines is 1. The van der Waals surface area contributed by atoms with Crippen LogP contribution in [0.1, 0.15) is 17.3 Å². The van der Waals surface area contributed by atoms with Crippen molar-refractivity contribution in [3.8, 4) is 0 Å². The molecule has 0 aliphatic heterocycles. The van der Waals surface area contributed by atoms with E-state index in [9.17, 15) is 9.59 Å². The molecule has 0 saturated carbocycles. The smallest absolute Gasteiger partial charge is 0.266 e. The van der Waals surface area contributed by atoms with Gasteiger partial charge in [-0.1, -0.05) is 0 Å². The summed E-state index contributed by atoms with van der Waals surface area (Å²) < 4.78 is 3.66. The van der Waals surface area contributed by atoms with Crippen LogP contribution >= 0.6 is 0 Å². The molecule has 0 spiro atoms. The maximum atomic E-state index is 11.8. The number of rotatable bonds is 4. The molecule has 0 unspecified atom stereocenters. The zero-order chi connectivity index (χ0) is 13.8. The zero-order valence-electron chi connectivity index (χ0n) is 11.3. The van der Waals surface area contributed by atoms with Crippen LogP contribution in [-0.2, 0) is 18.4 Å². The topological polar surface area (TPSA) is 55.0 Å². The molecule has 2 rings (SSSR count). The highest BCUT2D eigenvalue weighted by Gasteiger charge is 2.08. The third-order valence-electron chi connectivity index (χ3n) is 2.73. The monoisotopic (exact) mass is 337 g/mol. The second-order valence-electron chi connectivity index (χ2n) is 4.43. The number of Topliss-reactive ketones (excluding diaryl/α,β-unsaturated/α-hetero) is 1. The van der Waals surface area contributed by atoms with Crippen LogP contribution in [0.2, 0.25) is 0 Å². The number of carbonyl (C=O) groups excluding carboxylic acids is 2. The summed E-state index contributed by atoms with van der Waals surface area (Å²) in [4.78, 5) is 22.9. The Morgan fingerprint density at radius 2 is 1.90 bits per heavy atom. The van der Waals surface area contributed by atoms with Crippen molar-refractivity contribution in [3.05, 3.63) is 48.5 Å². The minimum atomic E-state index is -0.105.